The predicted octanol–water partition coefficient (Wildman–Crippen LogP) is 3.26. The zero-order valence-corrected chi connectivity index (χ0v) is 9.64. The van der Waals surface area contributed by atoms with E-state index in [0.717, 1.165) is 12.1 Å². The molecule has 2 rings (SSSR count). The SMILES string of the molecule is CCc1cccc(Nc2cc(C#N)ccn2)c1. The van der Waals surface area contributed by atoms with Gasteiger partial charge in [-0.3, -0.25) is 0 Å². The van der Waals surface area contributed by atoms with Crippen LogP contribution in [0.5, 0.6) is 0 Å². The van der Waals surface area contributed by atoms with E-state index in [2.05, 4.69) is 35.4 Å². The molecule has 3 nitrogen and oxygen atoms in total. The standard InChI is InChI=1S/C14H13N3/c1-2-11-4-3-5-13(8-11)17-14-9-12(10-15)6-7-16-14/h3-9H,2H2,1H3,(H,16,17). The molecule has 0 radical (unpaired) electrons. The Morgan fingerprint density at radius 3 is 2.94 bits per heavy atom. The Morgan fingerprint density at radius 1 is 1.29 bits per heavy atom. The number of aromatic nitrogens is 1. The monoisotopic (exact) mass is 223 g/mol. The van der Waals surface area contributed by atoms with E-state index >= 15 is 0 Å². The van der Waals surface area contributed by atoms with Gasteiger partial charge in [-0.1, -0.05) is 19.1 Å². The number of nitrogens with one attached hydrogen (secondary N) is 1. The largest absolute Gasteiger partial charge is 0.340 e. The minimum Gasteiger partial charge on any atom is -0.340 e. The van der Waals surface area contributed by atoms with Crippen LogP contribution in [0, 0.1) is 11.3 Å². The molecule has 0 aliphatic heterocycles. The van der Waals surface area contributed by atoms with Crippen molar-refractivity contribution in [2.45, 2.75) is 13.3 Å². The van der Waals surface area contributed by atoms with Gasteiger partial charge in [-0.05, 0) is 36.2 Å². The molecule has 0 amide bonds. The molecule has 1 N–H and O–H groups in total. The van der Waals surface area contributed by atoms with Gasteiger partial charge in [0.2, 0.25) is 0 Å². The van der Waals surface area contributed by atoms with Gasteiger partial charge in [0.15, 0.2) is 0 Å². The van der Waals surface area contributed by atoms with E-state index in [1.54, 1.807) is 18.3 Å². The Kier molecular flexibility index (Phi) is 3.37. The van der Waals surface area contributed by atoms with Crippen molar-refractivity contribution in [1.29, 1.82) is 5.26 Å². The highest BCUT2D eigenvalue weighted by atomic mass is 15.0. The van der Waals surface area contributed by atoms with E-state index in [-0.39, 0.29) is 0 Å². The summed E-state index contributed by atoms with van der Waals surface area (Å²) >= 11 is 0. The van der Waals surface area contributed by atoms with Gasteiger partial charge >= 0.3 is 0 Å². The molecule has 0 aliphatic rings. The van der Waals surface area contributed by atoms with Crippen LogP contribution in [0.15, 0.2) is 42.6 Å². The molecule has 1 aromatic heterocycles. The molecule has 0 atom stereocenters. The Morgan fingerprint density at radius 2 is 2.18 bits per heavy atom. The lowest BCUT2D eigenvalue weighted by molar-refractivity contribution is 1.14. The quantitative estimate of drug-likeness (QED) is 0.868. The van der Waals surface area contributed by atoms with Gasteiger partial charge in [0.1, 0.15) is 5.82 Å². The molecule has 1 heterocycles. The van der Waals surface area contributed by atoms with Crippen molar-refractivity contribution >= 4 is 11.5 Å². The Labute approximate surface area is 101 Å². The van der Waals surface area contributed by atoms with E-state index in [9.17, 15) is 0 Å². The minimum atomic E-state index is 0.606. The Balaban J connectivity index is 2.22. The van der Waals surface area contributed by atoms with Crippen LogP contribution in [-0.2, 0) is 6.42 Å². The van der Waals surface area contributed by atoms with Crippen molar-refractivity contribution in [3.8, 4) is 6.07 Å². The maximum Gasteiger partial charge on any atom is 0.131 e. The summed E-state index contributed by atoms with van der Waals surface area (Å²) in [6, 6.07) is 13.7. The highest BCUT2D eigenvalue weighted by Crippen LogP contribution is 2.16. The molecule has 1 aromatic carbocycles. The van der Waals surface area contributed by atoms with Crippen molar-refractivity contribution in [3.05, 3.63) is 53.7 Å². The van der Waals surface area contributed by atoms with E-state index in [4.69, 9.17) is 5.26 Å². The average Bonchev–Trinajstić information content (AvgIpc) is 2.39. The first-order chi connectivity index (χ1) is 8.31. The summed E-state index contributed by atoms with van der Waals surface area (Å²) in [5.41, 5.74) is 2.87. The number of benzene rings is 1. The maximum absolute atomic E-state index is 8.80. The highest BCUT2D eigenvalue weighted by Gasteiger charge is 1.98. The number of pyridine rings is 1. The summed E-state index contributed by atoms with van der Waals surface area (Å²) in [7, 11) is 0. The van der Waals surface area contributed by atoms with E-state index in [1.165, 1.54) is 5.56 Å². The fraction of sp³-hybridized carbons (Fsp3) is 0.143. The first-order valence-electron chi connectivity index (χ1n) is 5.54. The number of hydrogen-bond donors (Lipinski definition) is 1. The second kappa shape index (κ2) is 5.13. The number of anilines is 2. The number of nitriles is 1. The molecule has 2 aromatic rings. The maximum atomic E-state index is 8.80. The number of nitrogens with zero attached hydrogens (tertiary/aromatic N) is 2. The zero-order valence-electron chi connectivity index (χ0n) is 9.64. The van der Waals surface area contributed by atoms with Crippen LogP contribution >= 0.6 is 0 Å². The molecular formula is C14H13N3. The molecule has 0 aliphatic carbocycles. The summed E-state index contributed by atoms with van der Waals surface area (Å²) in [6.07, 6.45) is 2.63. The van der Waals surface area contributed by atoms with Gasteiger partial charge in [0.25, 0.3) is 0 Å². The lowest BCUT2D eigenvalue weighted by Crippen LogP contribution is -1.94. The van der Waals surface area contributed by atoms with Crippen LogP contribution < -0.4 is 5.32 Å². The third-order valence-electron chi connectivity index (χ3n) is 2.50. The van der Waals surface area contributed by atoms with Crippen LogP contribution in [0.1, 0.15) is 18.1 Å². The molecule has 3 heteroatoms. The summed E-state index contributed by atoms with van der Waals surface area (Å²) in [6.45, 7) is 2.12. The van der Waals surface area contributed by atoms with Gasteiger partial charge in [-0.25, -0.2) is 4.98 Å². The van der Waals surface area contributed by atoms with Gasteiger partial charge < -0.3 is 5.32 Å². The van der Waals surface area contributed by atoms with Crippen molar-refractivity contribution < 1.29 is 0 Å². The zero-order chi connectivity index (χ0) is 12.1. The lowest BCUT2D eigenvalue weighted by atomic mass is 10.1. The lowest BCUT2D eigenvalue weighted by Gasteiger charge is -2.06. The molecule has 0 saturated carbocycles. The number of rotatable bonds is 3. The smallest absolute Gasteiger partial charge is 0.131 e. The average molecular weight is 223 g/mol. The molecule has 0 fully saturated rings. The van der Waals surface area contributed by atoms with Crippen molar-refractivity contribution in [2.24, 2.45) is 0 Å². The highest BCUT2D eigenvalue weighted by molar-refractivity contribution is 5.58. The topological polar surface area (TPSA) is 48.7 Å². The van der Waals surface area contributed by atoms with E-state index in [0.29, 0.717) is 11.4 Å². The van der Waals surface area contributed by atoms with Crippen LogP contribution in [0.4, 0.5) is 11.5 Å². The third-order valence-corrected chi connectivity index (χ3v) is 2.50. The predicted molar refractivity (Wildman–Crippen MR) is 68.1 cm³/mol. The normalized spacial score (nSPS) is 9.65. The van der Waals surface area contributed by atoms with Crippen LogP contribution in [0.3, 0.4) is 0 Å². The van der Waals surface area contributed by atoms with Gasteiger partial charge in [0.05, 0.1) is 11.6 Å². The van der Waals surface area contributed by atoms with E-state index < -0.39 is 0 Å². The molecule has 0 bridgehead atoms. The molecule has 0 saturated heterocycles. The molecule has 17 heavy (non-hydrogen) atoms. The summed E-state index contributed by atoms with van der Waals surface area (Å²) in [5, 5.41) is 12.0. The first kappa shape index (κ1) is 11.2. The number of hydrogen-bond acceptors (Lipinski definition) is 3. The molecule has 84 valence electrons. The summed E-state index contributed by atoms with van der Waals surface area (Å²) in [4.78, 5) is 4.18. The van der Waals surface area contributed by atoms with Crippen LogP contribution in [-0.4, -0.2) is 4.98 Å². The third kappa shape index (κ3) is 2.82. The molecule has 0 spiro atoms. The fourth-order valence-corrected chi connectivity index (χ4v) is 1.59. The van der Waals surface area contributed by atoms with Crippen LogP contribution in [0.2, 0.25) is 0 Å². The number of aryl methyl sites for hydroxylation is 1. The van der Waals surface area contributed by atoms with E-state index in [1.807, 2.05) is 12.1 Å². The van der Waals surface area contributed by atoms with Gasteiger partial charge in [-0.15, -0.1) is 0 Å². The second-order valence-electron chi connectivity index (χ2n) is 3.72. The second-order valence-corrected chi connectivity index (χ2v) is 3.72. The molecule has 0 unspecified atom stereocenters. The van der Waals surface area contributed by atoms with Crippen LogP contribution in [0.25, 0.3) is 0 Å². The summed E-state index contributed by atoms with van der Waals surface area (Å²) in [5.74, 6) is 0.692. The first-order valence-corrected chi connectivity index (χ1v) is 5.54. The van der Waals surface area contributed by atoms with Crippen molar-refractivity contribution in [1.82, 2.24) is 4.98 Å². The van der Waals surface area contributed by atoms with Gasteiger partial charge in [0, 0.05) is 11.9 Å². The van der Waals surface area contributed by atoms with Crippen molar-refractivity contribution in [2.75, 3.05) is 5.32 Å². The summed E-state index contributed by atoms with van der Waals surface area (Å²) < 4.78 is 0. The van der Waals surface area contributed by atoms with Crippen molar-refractivity contribution in [3.63, 3.8) is 0 Å². The Bertz CT molecular complexity index is 555. The minimum absolute atomic E-state index is 0.606. The fourth-order valence-electron chi connectivity index (χ4n) is 1.59. The Hall–Kier alpha value is -2.34. The molecular weight excluding hydrogens is 210 g/mol. The van der Waals surface area contributed by atoms with Gasteiger partial charge in [-0.2, -0.15) is 5.26 Å².